The molecule has 0 aliphatic carbocycles. The maximum atomic E-state index is 13.2. The molecule has 1 aromatic carbocycles. The second-order valence-electron chi connectivity index (χ2n) is 4.66. The zero-order valence-electron chi connectivity index (χ0n) is 10.7. The van der Waals surface area contributed by atoms with Gasteiger partial charge in [-0.05, 0) is 29.6 Å². The van der Waals surface area contributed by atoms with Gasteiger partial charge in [0, 0.05) is 0 Å². The first kappa shape index (κ1) is 12.2. The van der Waals surface area contributed by atoms with Crippen molar-refractivity contribution in [1.29, 1.82) is 0 Å². The van der Waals surface area contributed by atoms with E-state index >= 15 is 0 Å². The Kier molecular flexibility index (Phi) is 2.61. The highest BCUT2D eigenvalue weighted by atomic mass is 32.1. The molecule has 1 N–H and O–H groups in total. The van der Waals surface area contributed by atoms with Crippen molar-refractivity contribution >= 4 is 32.6 Å². The lowest BCUT2D eigenvalue weighted by molar-refractivity contribution is 0.629. The molecule has 5 nitrogen and oxygen atoms in total. The molecular formula is C14H9FN4OS. The van der Waals surface area contributed by atoms with Crippen molar-refractivity contribution < 1.29 is 4.39 Å². The van der Waals surface area contributed by atoms with Crippen LogP contribution >= 0.6 is 11.3 Å². The lowest BCUT2D eigenvalue weighted by Crippen LogP contribution is -2.20. The lowest BCUT2D eigenvalue weighted by atomic mass is 10.3. The Hall–Kier alpha value is -2.54. The SMILES string of the molecule is O=c1c2sccc2ncn1Cc1nc2ccc(F)cc2[nH]1. The van der Waals surface area contributed by atoms with E-state index in [1.807, 2.05) is 11.4 Å². The van der Waals surface area contributed by atoms with Crippen LogP contribution in [-0.4, -0.2) is 19.5 Å². The van der Waals surface area contributed by atoms with Crippen LogP contribution in [0.4, 0.5) is 4.39 Å². The molecule has 0 spiro atoms. The molecule has 0 amide bonds. The van der Waals surface area contributed by atoms with Gasteiger partial charge in [0.05, 0.1) is 29.4 Å². The molecule has 0 unspecified atom stereocenters. The Morgan fingerprint density at radius 3 is 3.10 bits per heavy atom. The number of H-pyrrole nitrogens is 1. The van der Waals surface area contributed by atoms with E-state index in [4.69, 9.17) is 0 Å². The number of hydrogen-bond acceptors (Lipinski definition) is 4. The summed E-state index contributed by atoms with van der Waals surface area (Å²) in [5, 5.41) is 1.84. The third kappa shape index (κ3) is 2.02. The summed E-state index contributed by atoms with van der Waals surface area (Å²) >= 11 is 1.37. The van der Waals surface area contributed by atoms with Gasteiger partial charge in [0.1, 0.15) is 16.3 Å². The molecule has 4 rings (SSSR count). The summed E-state index contributed by atoms with van der Waals surface area (Å²) in [6.07, 6.45) is 1.51. The molecule has 104 valence electrons. The minimum Gasteiger partial charge on any atom is -0.340 e. The van der Waals surface area contributed by atoms with Crippen molar-refractivity contribution in [1.82, 2.24) is 19.5 Å². The number of aromatic nitrogens is 4. The first-order valence-corrected chi connectivity index (χ1v) is 7.15. The Morgan fingerprint density at radius 1 is 1.29 bits per heavy atom. The first-order valence-electron chi connectivity index (χ1n) is 6.27. The molecule has 0 fully saturated rings. The Labute approximate surface area is 121 Å². The number of imidazole rings is 1. The van der Waals surface area contributed by atoms with Crippen LogP contribution in [0.5, 0.6) is 0 Å². The number of nitrogens with zero attached hydrogens (tertiary/aromatic N) is 3. The van der Waals surface area contributed by atoms with Crippen LogP contribution in [-0.2, 0) is 6.54 Å². The van der Waals surface area contributed by atoms with Crippen LogP contribution in [0.3, 0.4) is 0 Å². The zero-order chi connectivity index (χ0) is 14.4. The van der Waals surface area contributed by atoms with E-state index in [1.54, 1.807) is 6.07 Å². The second-order valence-corrected chi connectivity index (χ2v) is 5.57. The van der Waals surface area contributed by atoms with Crippen molar-refractivity contribution in [3.63, 3.8) is 0 Å². The summed E-state index contributed by atoms with van der Waals surface area (Å²) in [5.41, 5.74) is 1.89. The third-order valence-corrected chi connectivity index (χ3v) is 4.14. The second kappa shape index (κ2) is 4.49. The highest BCUT2D eigenvalue weighted by Crippen LogP contribution is 2.15. The molecule has 0 bridgehead atoms. The van der Waals surface area contributed by atoms with Crippen molar-refractivity contribution in [2.75, 3.05) is 0 Å². The van der Waals surface area contributed by atoms with Gasteiger partial charge in [0.2, 0.25) is 0 Å². The van der Waals surface area contributed by atoms with Crippen molar-refractivity contribution in [2.24, 2.45) is 0 Å². The van der Waals surface area contributed by atoms with E-state index in [0.717, 1.165) is 0 Å². The number of rotatable bonds is 2. The highest BCUT2D eigenvalue weighted by Gasteiger charge is 2.08. The molecule has 0 saturated heterocycles. The Morgan fingerprint density at radius 2 is 2.19 bits per heavy atom. The van der Waals surface area contributed by atoms with Gasteiger partial charge in [0.25, 0.3) is 5.56 Å². The van der Waals surface area contributed by atoms with Gasteiger partial charge >= 0.3 is 0 Å². The van der Waals surface area contributed by atoms with Crippen LogP contribution < -0.4 is 5.56 Å². The van der Waals surface area contributed by atoms with Gasteiger partial charge in [-0.1, -0.05) is 0 Å². The van der Waals surface area contributed by atoms with E-state index in [2.05, 4.69) is 15.0 Å². The summed E-state index contributed by atoms with van der Waals surface area (Å²) in [5.74, 6) is 0.270. The highest BCUT2D eigenvalue weighted by molar-refractivity contribution is 7.17. The summed E-state index contributed by atoms with van der Waals surface area (Å²) in [6.45, 7) is 0.274. The van der Waals surface area contributed by atoms with Gasteiger partial charge in [-0.2, -0.15) is 0 Å². The Bertz CT molecular complexity index is 1020. The quantitative estimate of drug-likeness (QED) is 0.618. The maximum absolute atomic E-state index is 13.2. The lowest BCUT2D eigenvalue weighted by Gasteiger charge is -2.01. The summed E-state index contributed by atoms with van der Waals surface area (Å²) in [4.78, 5) is 23.9. The van der Waals surface area contributed by atoms with E-state index in [0.29, 0.717) is 27.1 Å². The smallest absolute Gasteiger partial charge is 0.271 e. The van der Waals surface area contributed by atoms with Crippen LogP contribution in [0.2, 0.25) is 0 Å². The molecule has 0 saturated carbocycles. The largest absolute Gasteiger partial charge is 0.340 e. The molecule has 0 atom stereocenters. The van der Waals surface area contributed by atoms with Crippen LogP contribution in [0.15, 0.2) is 40.8 Å². The number of thiophene rings is 1. The van der Waals surface area contributed by atoms with Gasteiger partial charge in [-0.25, -0.2) is 14.4 Å². The third-order valence-electron chi connectivity index (χ3n) is 3.25. The first-order chi connectivity index (χ1) is 10.2. The van der Waals surface area contributed by atoms with Gasteiger partial charge in [0.15, 0.2) is 0 Å². The maximum Gasteiger partial charge on any atom is 0.271 e. The number of halogens is 1. The molecule has 0 aliphatic heterocycles. The zero-order valence-corrected chi connectivity index (χ0v) is 11.5. The van der Waals surface area contributed by atoms with Crippen LogP contribution in [0.1, 0.15) is 5.82 Å². The number of nitrogens with one attached hydrogen (secondary N) is 1. The molecule has 3 aromatic heterocycles. The minimum absolute atomic E-state index is 0.0957. The fraction of sp³-hybridized carbons (Fsp3) is 0.0714. The molecule has 0 aliphatic rings. The number of benzene rings is 1. The van der Waals surface area contributed by atoms with Crippen LogP contribution in [0, 0.1) is 5.82 Å². The van der Waals surface area contributed by atoms with Crippen molar-refractivity contribution in [3.05, 3.63) is 58.0 Å². The summed E-state index contributed by atoms with van der Waals surface area (Å²) < 4.78 is 15.3. The monoisotopic (exact) mass is 300 g/mol. The number of fused-ring (bicyclic) bond motifs is 2. The molecule has 4 aromatic rings. The fourth-order valence-corrected chi connectivity index (χ4v) is 3.06. The van der Waals surface area contributed by atoms with Gasteiger partial charge in [-0.15, -0.1) is 11.3 Å². The van der Waals surface area contributed by atoms with Gasteiger partial charge in [-0.3, -0.25) is 9.36 Å². The molecule has 0 radical (unpaired) electrons. The van der Waals surface area contributed by atoms with E-state index < -0.39 is 0 Å². The average Bonchev–Trinajstić information content (AvgIpc) is 3.07. The average molecular weight is 300 g/mol. The normalized spacial score (nSPS) is 11.5. The fourth-order valence-electron chi connectivity index (χ4n) is 2.26. The van der Waals surface area contributed by atoms with Gasteiger partial charge < -0.3 is 4.98 Å². The standard InChI is InChI=1S/C14H9FN4OS/c15-8-1-2-9-11(5-8)18-12(17-9)6-19-7-16-10-3-4-21-13(10)14(19)20/h1-5,7H,6H2,(H,17,18). The van der Waals surface area contributed by atoms with E-state index in [1.165, 1.54) is 34.4 Å². The molecule has 21 heavy (non-hydrogen) atoms. The minimum atomic E-state index is -0.323. The molecule has 7 heteroatoms. The topological polar surface area (TPSA) is 63.6 Å². The summed E-state index contributed by atoms with van der Waals surface area (Å²) in [6, 6.07) is 6.16. The molecule has 3 heterocycles. The number of hydrogen-bond donors (Lipinski definition) is 1. The summed E-state index contributed by atoms with van der Waals surface area (Å²) in [7, 11) is 0. The van der Waals surface area contributed by atoms with Crippen molar-refractivity contribution in [2.45, 2.75) is 6.54 Å². The van der Waals surface area contributed by atoms with Crippen molar-refractivity contribution in [3.8, 4) is 0 Å². The Balaban J connectivity index is 1.78. The van der Waals surface area contributed by atoms with Crippen LogP contribution in [0.25, 0.3) is 21.3 Å². The van der Waals surface area contributed by atoms with E-state index in [9.17, 15) is 9.18 Å². The number of aromatic amines is 1. The van der Waals surface area contributed by atoms with E-state index in [-0.39, 0.29) is 17.9 Å². The predicted octanol–water partition coefficient (Wildman–Crippen LogP) is 2.52. The molecular weight excluding hydrogens is 291 g/mol. The predicted molar refractivity (Wildman–Crippen MR) is 79.0 cm³/mol.